The zero-order valence-electron chi connectivity index (χ0n) is 14.6. The van der Waals surface area contributed by atoms with Gasteiger partial charge in [-0.2, -0.15) is 0 Å². The zero-order chi connectivity index (χ0) is 17.5. The van der Waals surface area contributed by atoms with Crippen LogP contribution in [0.5, 0.6) is 5.75 Å². The van der Waals surface area contributed by atoms with Crippen LogP contribution in [0.1, 0.15) is 24.1 Å². The summed E-state index contributed by atoms with van der Waals surface area (Å²) in [6.07, 6.45) is 6.69. The normalized spacial score (nSPS) is 10.5. The third kappa shape index (κ3) is 6.21. The van der Waals surface area contributed by atoms with Crippen LogP contribution in [0.2, 0.25) is 0 Å². The fraction of sp³-hybridized carbons (Fsp3) is 0.294. The summed E-state index contributed by atoms with van der Waals surface area (Å²) in [7, 11) is 1.61. The first-order valence-electron chi connectivity index (χ1n) is 7.55. The maximum atomic E-state index is 11.9. The topological polar surface area (TPSA) is 82.2 Å². The second-order valence-corrected chi connectivity index (χ2v) is 5.67. The number of hydrazine groups is 1. The number of amides is 1. The molecule has 1 aromatic carbocycles. The Morgan fingerprint density at radius 3 is 2.69 bits per heavy atom. The number of aryl methyl sites for hydroxylation is 1. The van der Waals surface area contributed by atoms with E-state index in [1.165, 1.54) is 0 Å². The van der Waals surface area contributed by atoms with Crippen LogP contribution >= 0.6 is 36.4 Å². The number of nitrogens with one attached hydrogen (secondary N) is 1. The maximum Gasteiger partial charge on any atom is 0.261 e. The van der Waals surface area contributed by atoms with Gasteiger partial charge in [-0.15, -0.1) is 36.4 Å². The van der Waals surface area contributed by atoms with Crippen molar-refractivity contribution in [1.29, 1.82) is 0 Å². The molecule has 1 amide bonds. The van der Waals surface area contributed by atoms with E-state index in [0.29, 0.717) is 30.0 Å². The summed E-state index contributed by atoms with van der Waals surface area (Å²) in [5.41, 5.74) is 5.39. The number of benzene rings is 1. The van der Waals surface area contributed by atoms with Gasteiger partial charge in [-0.1, -0.05) is 6.07 Å². The molecule has 1 aromatic heterocycles. The number of hydrogen-bond acceptors (Lipinski definition) is 4. The molecule has 0 fully saturated rings. The Morgan fingerprint density at radius 2 is 2.15 bits per heavy atom. The molecule has 2 aromatic rings. The summed E-state index contributed by atoms with van der Waals surface area (Å²) in [5.74, 6) is 6.11. The number of hydrogen-bond donors (Lipinski definition) is 2. The number of alkyl halides is 1. The first-order valence-corrected chi connectivity index (χ1v) is 8.09. The van der Waals surface area contributed by atoms with Crippen LogP contribution in [0.3, 0.4) is 0 Å². The molecule has 0 aliphatic rings. The van der Waals surface area contributed by atoms with E-state index in [1.807, 2.05) is 35.9 Å². The third-order valence-corrected chi connectivity index (χ3v) is 3.80. The van der Waals surface area contributed by atoms with Crippen molar-refractivity contribution in [3.05, 3.63) is 47.6 Å². The van der Waals surface area contributed by atoms with Crippen molar-refractivity contribution in [2.75, 3.05) is 13.0 Å². The molecule has 0 unspecified atom stereocenters. The monoisotopic (exact) mass is 420 g/mol. The van der Waals surface area contributed by atoms with E-state index in [9.17, 15) is 4.79 Å². The van der Waals surface area contributed by atoms with Crippen molar-refractivity contribution in [2.45, 2.75) is 19.8 Å². The van der Waals surface area contributed by atoms with Crippen LogP contribution in [0.4, 0.5) is 0 Å². The van der Waals surface area contributed by atoms with E-state index in [0.717, 1.165) is 16.9 Å². The summed E-state index contributed by atoms with van der Waals surface area (Å²) in [6.45, 7) is 1.93. The van der Waals surface area contributed by atoms with Gasteiger partial charge in [-0.25, -0.2) is 10.8 Å². The lowest BCUT2D eigenvalue weighted by molar-refractivity contribution is -0.117. The SMILES string of the molecule is COc1cc(C=C(CCCCl)C(=O)NN)ccc1-n1cnc(C)c1.Cl.Cl. The molecule has 0 atom stereocenters. The molecule has 0 saturated carbocycles. The lowest BCUT2D eigenvalue weighted by atomic mass is 10.1. The van der Waals surface area contributed by atoms with Crippen molar-refractivity contribution in [3.63, 3.8) is 0 Å². The summed E-state index contributed by atoms with van der Waals surface area (Å²) < 4.78 is 7.37. The molecule has 9 heteroatoms. The summed E-state index contributed by atoms with van der Waals surface area (Å²) in [5, 5.41) is 0. The highest BCUT2D eigenvalue weighted by Gasteiger charge is 2.10. The van der Waals surface area contributed by atoms with E-state index >= 15 is 0 Å². The Morgan fingerprint density at radius 1 is 1.42 bits per heavy atom. The number of imidazole rings is 1. The molecule has 0 spiro atoms. The van der Waals surface area contributed by atoms with Gasteiger partial charge in [0, 0.05) is 17.6 Å². The van der Waals surface area contributed by atoms with Gasteiger partial charge in [0.25, 0.3) is 5.91 Å². The molecule has 1 heterocycles. The van der Waals surface area contributed by atoms with Crippen LogP contribution in [0.15, 0.2) is 36.3 Å². The fourth-order valence-electron chi connectivity index (χ4n) is 2.35. The molecule has 144 valence electrons. The van der Waals surface area contributed by atoms with Crippen LogP contribution in [0, 0.1) is 6.92 Å². The second-order valence-electron chi connectivity index (χ2n) is 5.29. The largest absolute Gasteiger partial charge is 0.495 e. The number of methoxy groups -OCH3 is 1. The summed E-state index contributed by atoms with van der Waals surface area (Å²) >= 11 is 5.72. The van der Waals surface area contributed by atoms with E-state index in [2.05, 4.69) is 10.4 Å². The van der Waals surface area contributed by atoms with Crippen LogP contribution < -0.4 is 16.0 Å². The maximum absolute atomic E-state index is 11.9. The highest BCUT2D eigenvalue weighted by atomic mass is 35.5. The van der Waals surface area contributed by atoms with E-state index in [4.69, 9.17) is 22.2 Å². The molecular formula is C17H23Cl3N4O2. The fourth-order valence-corrected chi connectivity index (χ4v) is 2.49. The Kier molecular flexibility index (Phi) is 11.0. The molecular weight excluding hydrogens is 399 g/mol. The van der Waals surface area contributed by atoms with Crippen LogP contribution in [-0.2, 0) is 4.79 Å². The minimum Gasteiger partial charge on any atom is -0.495 e. The first-order chi connectivity index (χ1) is 11.6. The number of nitrogens with two attached hydrogens (primary N) is 1. The third-order valence-electron chi connectivity index (χ3n) is 3.54. The minimum atomic E-state index is -0.312. The molecule has 6 nitrogen and oxygen atoms in total. The quantitative estimate of drug-likeness (QED) is 0.236. The number of carbonyl (C=O) groups excluding carboxylic acids is 1. The van der Waals surface area contributed by atoms with Gasteiger partial charge < -0.3 is 9.30 Å². The molecule has 0 radical (unpaired) electrons. The lowest BCUT2D eigenvalue weighted by Gasteiger charge is -2.11. The molecule has 2 rings (SSSR count). The Bertz CT molecular complexity index is 747. The van der Waals surface area contributed by atoms with Crippen molar-refractivity contribution in [3.8, 4) is 11.4 Å². The summed E-state index contributed by atoms with van der Waals surface area (Å²) in [4.78, 5) is 16.1. The van der Waals surface area contributed by atoms with Crippen LogP contribution in [0.25, 0.3) is 11.8 Å². The molecule has 26 heavy (non-hydrogen) atoms. The van der Waals surface area contributed by atoms with Crippen molar-refractivity contribution in [2.24, 2.45) is 5.84 Å². The van der Waals surface area contributed by atoms with Crippen molar-refractivity contribution >= 4 is 48.4 Å². The smallest absolute Gasteiger partial charge is 0.261 e. The second kappa shape index (κ2) is 11.8. The van der Waals surface area contributed by atoms with Gasteiger partial charge in [0.05, 0.1) is 24.8 Å². The van der Waals surface area contributed by atoms with Gasteiger partial charge in [-0.05, 0) is 43.5 Å². The number of halogens is 3. The number of ether oxygens (including phenoxy) is 1. The molecule has 0 aliphatic carbocycles. The molecule has 0 bridgehead atoms. The zero-order valence-corrected chi connectivity index (χ0v) is 17.0. The minimum absolute atomic E-state index is 0. The van der Waals surface area contributed by atoms with Gasteiger partial charge in [0.15, 0.2) is 0 Å². The van der Waals surface area contributed by atoms with E-state index in [-0.39, 0.29) is 30.7 Å². The predicted octanol–water partition coefficient (Wildman–Crippen LogP) is 3.43. The number of nitrogens with zero attached hydrogens (tertiary/aromatic N) is 2. The Hall–Kier alpha value is -1.73. The van der Waals surface area contributed by atoms with Gasteiger partial charge in [-0.3, -0.25) is 10.2 Å². The molecule has 0 saturated heterocycles. The standard InChI is InChI=1S/C17H21ClN4O2.2ClH/c1-12-10-22(11-20-12)15-6-5-13(9-16(15)24-2)8-14(4-3-7-18)17(23)21-19;;/h5-6,8-11H,3-4,7,19H2,1-2H3,(H,21,23);2*1H. The number of aromatic nitrogens is 2. The van der Waals surface area contributed by atoms with Crippen molar-refractivity contribution in [1.82, 2.24) is 15.0 Å². The lowest BCUT2D eigenvalue weighted by Crippen LogP contribution is -2.31. The van der Waals surface area contributed by atoms with Gasteiger partial charge >= 0.3 is 0 Å². The van der Waals surface area contributed by atoms with Gasteiger partial charge in [0.2, 0.25) is 0 Å². The molecule has 0 aliphatic heterocycles. The Balaban J connectivity index is 0.00000312. The van der Waals surface area contributed by atoms with E-state index in [1.54, 1.807) is 19.5 Å². The summed E-state index contributed by atoms with van der Waals surface area (Å²) in [6, 6.07) is 5.71. The number of carbonyl (C=O) groups is 1. The average Bonchev–Trinajstić information content (AvgIpc) is 3.03. The highest BCUT2D eigenvalue weighted by molar-refractivity contribution is 6.17. The highest BCUT2D eigenvalue weighted by Crippen LogP contribution is 2.26. The first kappa shape index (κ1) is 24.3. The van der Waals surface area contributed by atoms with Crippen LogP contribution in [-0.4, -0.2) is 28.4 Å². The van der Waals surface area contributed by atoms with Gasteiger partial charge in [0.1, 0.15) is 5.75 Å². The van der Waals surface area contributed by atoms with Crippen molar-refractivity contribution < 1.29 is 9.53 Å². The number of rotatable bonds is 7. The molecule has 3 N–H and O–H groups in total. The Labute approximate surface area is 170 Å². The van der Waals surface area contributed by atoms with E-state index < -0.39 is 0 Å². The average molecular weight is 422 g/mol. The predicted molar refractivity (Wildman–Crippen MR) is 110 cm³/mol.